The maximum absolute atomic E-state index is 12.9. The summed E-state index contributed by atoms with van der Waals surface area (Å²) in [6, 6.07) is 6.97. The third-order valence-corrected chi connectivity index (χ3v) is 5.35. The molecule has 1 aliphatic rings. The van der Waals surface area contributed by atoms with Gasteiger partial charge in [0.25, 0.3) is 0 Å². The number of nitrogens with one attached hydrogen (secondary N) is 1. The number of benzene rings is 1. The van der Waals surface area contributed by atoms with Crippen LogP contribution in [0, 0.1) is 18.3 Å². The molecule has 0 aliphatic heterocycles. The molecule has 1 saturated carbocycles. The van der Waals surface area contributed by atoms with E-state index in [-0.39, 0.29) is 24.0 Å². The largest absolute Gasteiger partial charge is 0.481 e. The lowest BCUT2D eigenvalue weighted by Crippen LogP contribution is -2.30. The number of aliphatic carboxylic acids is 1. The van der Waals surface area contributed by atoms with Gasteiger partial charge < -0.3 is 10.8 Å². The van der Waals surface area contributed by atoms with Crippen LogP contribution >= 0.6 is 0 Å². The minimum atomic E-state index is -0.749. The topological polar surface area (TPSA) is 127 Å². The summed E-state index contributed by atoms with van der Waals surface area (Å²) in [7, 11) is 0. The standard InChI is InChI=1S/C19H25N5O3/c1-12-22-24(16-9-5-14(6-10-16)18(20)21)19(27)23(12)15-7-2-13(3-8-15)4-11-17(25)26/h5-6,9-10,13,15H,2-4,7-8,11H2,1H3,(H3,20,21)(H,25,26)/t13-,15+. The Balaban J connectivity index is 1.76. The van der Waals surface area contributed by atoms with Crippen LogP contribution < -0.4 is 11.4 Å². The van der Waals surface area contributed by atoms with Crippen LogP contribution in [0.3, 0.4) is 0 Å². The van der Waals surface area contributed by atoms with Crippen molar-refractivity contribution in [2.24, 2.45) is 11.7 Å². The molecule has 0 atom stereocenters. The molecule has 0 spiro atoms. The Bertz CT molecular complexity index is 889. The molecule has 0 unspecified atom stereocenters. The van der Waals surface area contributed by atoms with Crippen molar-refractivity contribution in [2.45, 2.75) is 51.5 Å². The monoisotopic (exact) mass is 371 g/mol. The molecule has 1 heterocycles. The number of hydrogen-bond acceptors (Lipinski definition) is 4. The maximum atomic E-state index is 12.9. The molecule has 0 saturated heterocycles. The maximum Gasteiger partial charge on any atom is 0.350 e. The predicted octanol–water partition coefficient (Wildman–Crippen LogP) is 2.22. The third kappa shape index (κ3) is 4.10. The van der Waals surface area contributed by atoms with Gasteiger partial charge in [0, 0.05) is 18.0 Å². The number of aryl methyl sites for hydroxylation is 1. The number of amidine groups is 1. The predicted molar refractivity (Wildman–Crippen MR) is 101 cm³/mol. The summed E-state index contributed by atoms with van der Waals surface area (Å²) in [4.78, 5) is 23.7. The first-order valence-corrected chi connectivity index (χ1v) is 9.21. The van der Waals surface area contributed by atoms with Crippen molar-refractivity contribution in [1.29, 1.82) is 5.41 Å². The molecular weight excluding hydrogens is 346 g/mol. The lowest BCUT2D eigenvalue weighted by molar-refractivity contribution is -0.137. The van der Waals surface area contributed by atoms with E-state index in [9.17, 15) is 9.59 Å². The number of carbonyl (C=O) groups is 1. The summed E-state index contributed by atoms with van der Waals surface area (Å²) < 4.78 is 3.14. The first kappa shape index (κ1) is 18.9. The van der Waals surface area contributed by atoms with Crippen molar-refractivity contribution < 1.29 is 9.90 Å². The molecule has 144 valence electrons. The minimum Gasteiger partial charge on any atom is -0.481 e. The van der Waals surface area contributed by atoms with E-state index in [2.05, 4.69) is 5.10 Å². The van der Waals surface area contributed by atoms with Gasteiger partial charge in [0.1, 0.15) is 11.7 Å². The van der Waals surface area contributed by atoms with E-state index in [4.69, 9.17) is 16.2 Å². The number of carboxylic acids is 1. The number of hydrogen-bond donors (Lipinski definition) is 3. The number of rotatable bonds is 6. The number of nitrogens with zero attached hydrogens (tertiary/aromatic N) is 3. The highest BCUT2D eigenvalue weighted by Crippen LogP contribution is 2.34. The van der Waals surface area contributed by atoms with E-state index in [1.165, 1.54) is 4.68 Å². The summed E-state index contributed by atoms with van der Waals surface area (Å²) in [6.07, 6.45) is 4.50. The molecule has 1 aromatic heterocycles. The first-order valence-electron chi connectivity index (χ1n) is 9.21. The van der Waals surface area contributed by atoms with Crippen LogP contribution in [0.2, 0.25) is 0 Å². The fraction of sp³-hybridized carbons (Fsp3) is 0.474. The van der Waals surface area contributed by atoms with E-state index < -0.39 is 5.97 Å². The smallest absolute Gasteiger partial charge is 0.350 e. The first-order chi connectivity index (χ1) is 12.9. The van der Waals surface area contributed by atoms with Crippen molar-refractivity contribution in [1.82, 2.24) is 14.3 Å². The van der Waals surface area contributed by atoms with E-state index in [1.54, 1.807) is 28.8 Å². The summed E-state index contributed by atoms with van der Waals surface area (Å²) in [5, 5.41) is 20.7. The van der Waals surface area contributed by atoms with Gasteiger partial charge >= 0.3 is 11.7 Å². The molecule has 27 heavy (non-hydrogen) atoms. The van der Waals surface area contributed by atoms with Crippen molar-refractivity contribution in [2.75, 3.05) is 0 Å². The Kier molecular flexibility index (Phi) is 5.43. The zero-order valence-corrected chi connectivity index (χ0v) is 15.4. The van der Waals surface area contributed by atoms with Crippen molar-refractivity contribution >= 4 is 11.8 Å². The molecule has 0 radical (unpaired) electrons. The highest BCUT2D eigenvalue weighted by Gasteiger charge is 2.26. The van der Waals surface area contributed by atoms with Gasteiger partial charge in [-0.25, -0.2) is 4.79 Å². The second kappa shape index (κ2) is 7.77. The lowest BCUT2D eigenvalue weighted by Gasteiger charge is -2.28. The molecular formula is C19H25N5O3. The molecule has 8 nitrogen and oxygen atoms in total. The number of carboxylic acid groups (broad SMARTS) is 1. The van der Waals surface area contributed by atoms with E-state index in [0.717, 1.165) is 25.7 Å². The molecule has 0 amide bonds. The minimum absolute atomic E-state index is 0.0183. The number of nitrogens with two attached hydrogens (primary N) is 1. The normalized spacial score (nSPS) is 19.7. The Morgan fingerprint density at radius 1 is 1.26 bits per heavy atom. The molecule has 8 heteroatoms. The zero-order valence-electron chi connectivity index (χ0n) is 15.4. The van der Waals surface area contributed by atoms with Gasteiger partial charge in [-0.3, -0.25) is 14.8 Å². The van der Waals surface area contributed by atoms with Crippen LogP contribution in [0.4, 0.5) is 0 Å². The second-order valence-electron chi connectivity index (χ2n) is 7.18. The zero-order chi connectivity index (χ0) is 19.6. The second-order valence-corrected chi connectivity index (χ2v) is 7.18. The van der Waals surface area contributed by atoms with Crippen LogP contribution in [0.25, 0.3) is 5.69 Å². The van der Waals surface area contributed by atoms with Crippen LogP contribution in [-0.4, -0.2) is 31.3 Å². The average Bonchev–Trinajstić information content (AvgIpc) is 2.95. The highest BCUT2D eigenvalue weighted by molar-refractivity contribution is 5.95. The number of aromatic nitrogens is 3. The molecule has 3 rings (SSSR count). The Morgan fingerprint density at radius 3 is 2.44 bits per heavy atom. The van der Waals surface area contributed by atoms with E-state index in [0.29, 0.717) is 29.4 Å². The van der Waals surface area contributed by atoms with Gasteiger partial charge in [-0.2, -0.15) is 9.78 Å². The van der Waals surface area contributed by atoms with E-state index in [1.807, 2.05) is 6.92 Å². The summed E-state index contributed by atoms with van der Waals surface area (Å²) in [5.74, 6) is 0.323. The third-order valence-electron chi connectivity index (χ3n) is 5.35. The summed E-state index contributed by atoms with van der Waals surface area (Å²) in [5.41, 5.74) is 6.54. The van der Waals surface area contributed by atoms with Gasteiger partial charge in [-0.15, -0.1) is 0 Å². The summed E-state index contributed by atoms with van der Waals surface area (Å²) >= 11 is 0. The molecule has 2 aromatic rings. The van der Waals surface area contributed by atoms with Crippen LogP contribution in [0.1, 0.15) is 56.0 Å². The average molecular weight is 371 g/mol. The number of nitrogen functional groups attached to an aromatic ring is 1. The van der Waals surface area contributed by atoms with Crippen molar-refractivity contribution in [3.8, 4) is 5.69 Å². The molecule has 4 N–H and O–H groups in total. The molecule has 1 aliphatic carbocycles. The fourth-order valence-corrected chi connectivity index (χ4v) is 3.87. The van der Waals surface area contributed by atoms with Gasteiger partial charge in [-0.1, -0.05) is 0 Å². The van der Waals surface area contributed by atoms with Gasteiger partial charge in [-0.05, 0) is 69.2 Å². The molecule has 1 aromatic carbocycles. The highest BCUT2D eigenvalue weighted by atomic mass is 16.4. The van der Waals surface area contributed by atoms with Gasteiger partial charge in [0.05, 0.1) is 5.69 Å². The lowest BCUT2D eigenvalue weighted by atomic mass is 9.83. The van der Waals surface area contributed by atoms with Gasteiger partial charge in [0.2, 0.25) is 0 Å². The SMILES string of the molecule is Cc1nn(-c2ccc(C(=N)N)cc2)c(=O)n1[C@H]1CC[C@@H](CCC(=O)O)CC1. The van der Waals surface area contributed by atoms with Crippen LogP contribution in [0.5, 0.6) is 0 Å². The van der Waals surface area contributed by atoms with Gasteiger partial charge in [0.15, 0.2) is 0 Å². The Morgan fingerprint density at radius 2 is 1.89 bits per heavy atom. The Labute approximate surface area is 157 Å². The summed E-state index contributed by atoms with van der Waals surface area (Å²) in [6.45, 7) is 1.83. The molecule has 0 bridgehead atoms. The van der Waals surface area contributed by atoms with Crippen LogP contribution in [-0.2, 0) is 4.79 Å². The van der Waals surface area contributed by atoms with Crippen molar-refractivity contribution in [3.63, 3.8) is 0 Å². The van der Waals surface area contributed by atoms with E-state index >= 15 is 0 Å². The quantitative estimate of drug-likeness (QED) is 0.530. The van der Waals surface area contributed by atoms with Crippen LogP contribution in [0.15, 0.2) is 29.1 Å². The Hall–Kier alpha value is -2.90. The molecule has 1 fully saturated rings. The fourth-order valence-electron chi connectivity index (χ4n) is 3.87. The van der Waals surface area contributed by atoms with Crippen molar-refractivity contribution in [3.05, 3.63) is 46.1 Å².